The van der Waals surface area contributed by atoms with Crippen molar-refractivity contribution in [3.05, 3.63) is 65.7 Å². The van der Waals surface area contributed by atoms with E-state index in [-0.39, 0.29) is 25.4 Å². The number of carbonyl (C=O) groups is 3. The second-order valence-electron chi connectivity index (χ2n) is 7.06. The number of carboxylic acid groups (broad SMARTS) is 2. The van der Waals surface area contributed by atoms with Gasteiger partial charge >= 0.3 is 11.9 Å². The van der Waals surface area contributed by atoms with Gasteiger partial charge in [-0.05, 0) is 36.5 Å². The van der Waals surface area contributed by atoms with Gasteiger partial charge < -0.3 is 10.2 Å². The minimum Gasteiger partial charge on any atom is -0.481 e. The number of hydrazine groups is 1. The zero-order valence-corrected chi connectivity index (χ0v) is 16.0. The summed E-state index contributed by atoms with van der Waals surface area (Å²) < 4.78 is 0. The maximum atomic E-state index is 12.8. The number of carbonyl (C=O) groups excluding carboxylic acids is 1. The van der Waals surface area contributed by atoms with Gasteiger partial charge in [-0.15, -0.1) is 0 Å². The molecule has 0 bridgehead atoms. The van der Waals surface area contributed by atoms with E-state index in [2.05, 4.69) is 0 Å². The molecule has 0 fully saturated rings. The fraction of sp³-hybridized carbons (Fsp3) is 0.318. The third-order valence-electron chi connectivity index (χ3n) is 5.07. The molecule has 0 aromatic heterocycles. The number of para-hydroxylation sites is 1. The molecule has 0 aliphatic carbocycles. The molecule has 1 atom stereocenters. The Morgan fingerprint density at radius 1 is 1.00 bits per heavy atom. The molecule has 1 aliphatic rings. The number of aryl methyl sites for hydroxylation is 1. The average molecular weight is 396 g/mol. The number of rotatable bonds is 8. The summed E-state index contributed by atoms with van der Waals surface area (Å²) in [5.74, 6) is -3.02. The number of amides is 1. The third-order valence-corrected chi connectivity index (χ3v) is 5.07. The van der Waals surface area contributed by atoms with E-state index < -0.39 is 17.9 Å². The molecule has 0 saturated carbocycles. The molecule has 7 nitrogen and oxygen atoms in total. The van der Waals surface area contributed by atoms with Crippen molar-refractivity contribution < 1.29 is 24.6 Å². The number of anilines is 1. The summed E-state index contributed by atoms with van der Waals surface area (Å²) in [6.45, 7) is -0.264. The van der Waals surface area contributed by atoms with Gasteiger partial charge in [0.05, 0.1) is 11.6 Å². The van der Waals surface area contributed by atoms with Crippen molar-refractivity contribution in [2.75, 3.05) is 18.1 Å². The van der Waals surface area contributed by atoms with Crippen LogP contribution in [0.3, 0.4) is 0 Å². The quantitative estimate of drug-likeness (QED) is 0.712. The Morgan fingerprint density at radius 3 is 2.38 bits per heavy atom. The number of aliphatic carboxylic acids is 2. The van der Waals surface area contributed by atoms with Crippen LogP contribution in [0.4, 0.5) is 5.69 Å². The van der Waals surface area contributed by atoms with Crippen LogP contribution in [0.5, 0.6) is 0 Å². The van der Waals surface area contributed by atoms with E-state index in [1.54, 1.807) is 30.3 Å². The SMILES string of the molecule is O=C(O)CN(CCC(C(=O)O)c1ccccc1)N1C(=O)CCCc2ccccc21. The molecule has 1 heterocycles. The van der Waals surface area contributed by atoms with Crippen molar-refractivity contribution in [1.29, 1.82) is 0 Å². The Balaban J connectivity index is 1.88. The standard InChI is InChI=1S/C22H24N2O5/c25-20-12-6-10-17-9-4-5-11-19(17)24(20)23(15-21(26)27)14-13-18(22(28)29)16-7-2-1-3-8-16/h1-5,7-9,11,18H,6,10,12-15H2,(H,26,27)(H,28,29). The Hall–Kier alpha value is -3.19. The topological polar surface area (TPSA) is 98.2 Å². The van der Waals surface area contributed by atoms with Crippen LogP contribution in [0.1, 0.15) is 36.3 Å². The molecule has 1 unspecified atom stereocenters. The van der Waals surface area contributed by atoms with Crippen molar-refractivity contribution in [3.63, 3.8) is 0 Å². The number of carboxylic acids is 2. The molecule has 2 aromatic rings. The van der Waals surface area contributed by atoms with Crippen LogP contribution in [-0.4, -0.2) is 46.2 Å². The summed E-state index contributed by atoms with van der Waals surface area (Å²) in [7, 11) is 0. The molecule has 3 rings (SSSR count). The van der Waals surface area contributed by atoms with Crippen LogP contribution in [0, 0.1) is 0 Å². The van der Waals surface area contributed by atoms with E-state index in [0.29, 0.717) is 24.1 Å². The van der Waals surface area contributed by atoms with Crippen molar-refractivity contribution >= 4 is 23.5 Å². The highest BCUT2D eigenvalue weighted by molar-refractivity contribution is 5.94. The van der Waals surface area contributed by atoms with Crippen molar-refractivity contribution in [2.24, 2.45) is 0 Å². The number of benzene rings is 2. The largest absolute Gasteiger partial charge is 0.481 e. The lowest BCUT2D eigenvalue weighted by molar-refractivity contribution is -0.139. The molecule has 2 aromatic carbocycles. The van der Waals surface area contributed by atoms with Crippen molar-refractivity contribution in [3.8, 4) is 0 Å². The first-order chi connectivity index (χ1) is 14.0. The van der Waals surface area contributed by atoms with E-state index in [1.807, 2.05) is 24.3 Å². The van der Waals surface area contributed by atoms with Crippen LogP contribution in [0.25, 0.3) is 0 Å². The highest BCUT2D eigenvalue weighted by Crippen LogP contribution is 2.29. The summed E-state index contributed by atoms with van der Waals surface area (Å²) in [6.07, 6.45) is 1.92. The Labute approximate surface area is 169 Å². The van der Waals surface area contributed by atoms with Crippen molar-refractivity contribution in [1.82, 2.24) is 5.01 Å². The van der Waals surface area contributed by atoms with E-state index in [1.165, 1.54) is 10.0 Å². The third kappa shape index (κ3) is 5.00. The predicted octanol–water partition coefficient (Wildman–Crippen LogP) is 2.92. The second-order valence-corrected chi connectivity index (χ2v) is 7.06. The monoisotopic (exact) mass is 396 g/mol. The van der Waals surface area contributed by atoms with Gasteiger partial charge in [0, 0.05) is 13.0 Å². The first-order valence-corrected chi connectivity index (χ1v) is 9.62. The average Bonchev–Trinajstić information content (AvgIpc) is 2.85. The molecule has 7 heteroatoms. The fourth-order valence-corrected chi connectivity index (χ4v) is 3.71. The fourth-order valence-electron chi connectivity index (χ4n) is 3.71. The maximum Gasteiger partial charge on any atom is 0.319 e. The second kappa shape index (κ2) is 9.34. The lowest BCUT2D eigenvalue weighted by Crippen LogP contribution is -2.49. The number of fused-ring (bicyclic) bond motifs is 1. The minimum absolute atomic E-state index is 0.123. The summed E-state index contributed by atoms with van der Waals surface area (Å²) >= 11 is 0. The first kappa shape index (κ1) is 20.5. The highest BCUT2D eigenvalue weighted by atomic mass is 16.4. The molecular weight excluding hydrogens is 372 g/mol. The van der Waals surface area contributed by atoms with Crippen LogP contribution in [0.2, 0.25) is 0 Å². The molecule has 0 spiro atoms. The van der Waals surface area contributed by atoms with Crippen LogP contribution < -0.4 is 5.01 Å². The lowest BCUT2D eigenvalue weighted by Gasteiger charge is -2.34. The molecule has 0 radical (unpaired) electrons. The zero-order chi connectivity index (χ0) is 20.8. The summed E-state index contributed by atoms with van der Waals surface area (Å²) in [5, 5.41) is 22.0. The summed E-state index contributed by atoms with van der Waals surface area (Å²) in [6, 6.07) is 16.3. The Kier molecular flexibility index (Phi) is 6.61. The number of hydrogen-bond acceptors (Lipinski definition) is 4. The zero-order valence-electron chi connectivity index (χ0n) is 16.0. The highest BCUT2D eigenvalue weighted by Gasteiger charge is 2.30. The summed E-state index contributed by atoms with van der Waals surface area (Å²) in [5.41, 5.74) is 2.30. The minimum atomic E-state index is -1.08. The summed E-state index contributed by atoms with van der Waals surface area (Å²) in [4.78, 5) is 36.1. The van der Waals surface area contributed by atoms with Gasteiger partial charge in [0.2, 0.25) is 5.91 Å². The Bertz CT molecular complexity index is 884. The Morgan fingerprint density at radius 2 is 1.69 bits per heavy atom. The molecule has 152 valence electrons. The van der Waals surface area contributed by atoms with Crippen LogP contribution in [0.15, 0.2) is 54.6 Å². The maximum absolute atomic E-state index is 12.8. The van der Waals surface area contributed by atoms with E-state index in [4.69, 9.17) is 0 Å². The number of hydrogen-bond donors (Lipinski definition) is 2. The van der Waals surface area contributed by atoms with Crippen molar-refractivity contribution in [2.45, 2.75) is 31.6 Å². The van der Waals surface area contributed by atoms with E-state index in [0.717, 1.165) is 12.0 Å². The molecule has 29 heavy (non-hydrogen) atoms. The van der Waals surface area contributed by atoms with Gasteiger partial charge in [0.1, 0.15) is 6.54 Å². The van der Waals surface area contributed by atoms with E-state index in [9.17, 15) is 24.6 Å². The van der Waals surface area contributed by atoms with Gasteiger partial charge in [-0.2, -0.15) is 0 Å². The van der Waals surface area contributed by atoms with Gasteiger partial charge in [-0.1, -0.05) is 48.5 Å². The number of nitrogens with zero attached hydrogens (tertiary/aromatic N) is 2. The smallest absolute Gasteiger partial charge is 0.319 e. The van der Waals surface area contributed by atoms with E-state index >= 15 is 0 Å². The van der Waals surface area contributed by atoms with Gasteiger partial charge in [-0.25, -0.2) is 10.0 Å². The lowest BCUT2D eigenvalue weighted by atomic mass is 9.96. The molecular formula is C22H24N2O5. The molecule has 1 aliphatic heterocycles. The first-order valence-electron chi connectivity index (χ1n) is 9.62. The normalized spacial score (nSPS) is 14.9. The molecule has 1 amide bonds. The van der Waals surface area contributed by atoms with Crippen LogP contribution in [-0.2, 0) is 20.8 Å². The predicted molar refractivity (Wildman–Crippen MR) is 108 cm³/mol. The van der Waals surface area contributed by atoms with Gasteiger partial charge in [0.25, 0.3) is 0 Å². The van der Waals surface area contributed by atoms with Gasteiger partial charge in [0.15, 0.2) is 0 Å². The van der Waals surface area contributed by atoms with Crippen LogP contribution >= 0.6 is 0 Å². The molecule has 0 saturated heterocycles. The molecule has 2 N–H and O–H groups in total. The van der Waals surface area contributed by atoms with Gasteiger partial charge in [-0.3, -0.25) is 14.4 Å².